The van der Waals surface area contributed by atoms with Crippen LogP contribution in [-0.2, 0) is 14.3 Å². The van der Waals surface area contributed by atoms with Gasteiger partial charge in [0.1, 0.15) is 12.2 Å². The van der Waals surface area contributed by atoms with Gasteiger partial charge < -0.3 is 44.1 Å². The van der Waals surface area contributed by atoms with Crippen LogP contribution in [0, 0.1) is 11.3 Å². The molecule has 0 saturated carbocycles. The number of aliphatic hydroxyl groups is 3. The van der Waals surface area contributed by atoms with E-state index in [1.807, 2.05) is 0 Å². The van der Waals surface area contributed by atoms with Gasteiger partial charge in [-0.1, -0.05) is 30.4 Å². The summed E-state index contributed by atoms with van der Waals surface area (Å²) in [6, 6.07) is 9.94. The lowest BCUT2D eigenvalue weighted by molar-refractivity contribution is -0.114. The summed E-state index contributed by atoms with van der Waals surface area (Å²) in [4.78, 5) is 12.5. The number of rotatable bonds is 11. The fourth-order valence-electron chi connectivity index (χ4n) is 5.34. The van der Waals surface area contributed by atoms with E-state index >= 15 is 0 Å². The molecule has 4 N–H and O–H groups in total. The predicted octanol–water partition coefficient (Wildman–Crippen LogP) is 2.56. The Labute approximate surface area is 232 Å². The maximum absolute atomic E-state index is 12.5. The van der Waals surface area contributed by atoms with Crippen LogP contribution in [0.15, 0.2) is 66.5 Å². The Bertz CT molecular complexity index is 1300. The van der Waals surface area contributed by atoms with E-state index in [2.05, 4.69) is 0 Å². The van der Waals surface area contributed by atoms with Gasteiger partial charge in [-0.3, -0.25) is 4.79 Å². The maximum Gasteiger partial charge on any atom is 0.219 e. The third-order valence-electron chi connectivity index (χ3n) is 7.29. The first-order valence-electron chi connectivity index (χ1n) is 12.7. The first-order valence-corrected chi connectivity index (χ1v) is 12.7. The summed E-state index contributed by atoms with van der Waals surface area (Å²) in [5.41, 5.74) is 0.270. The summed E-state index contributed by atoms with van der Waals surface area (Å²) in [6.45, 7) is -0.922. The molecule has 4 rings (SSSR count). The number of phenols is 1. The fourth-order valence-corrected chi connectivity index (χ4v) is 5.34. The minimum Gasteiger partial charge on any atom is -0.504 e. The van der Waals surface area contributed by atoms with Gasteiger partial charge in [0.25, 0.3) is 0 Å². The molecule has 2 aromatic rings. The van der Waals surface area contributed by atoms with Crippen LogP contribution < -0.4 is 14.2 Å². The number of aromatic hydroxyl groups is 1. The summed E-state index contributed by atoms with van der Waals surface area (Å²) in [5.74, 6) is 0.0113. The first kappa shape index (κ1) is 29.2. The highest BCUT2D eigenvalue weighted by Gasteiger charge is 2.58. The molecule has 214 valence electrons. The Balaban J connectivity index is 1.79. The van der Waals surface area contributed by atoms with Crippen molar-refractivity contribution in [2.45, 2.75) is 18.3 Å². The van der Waals surface area contributed by atoms with Crippen molar-refractivity contribution >= 4 is 11.9 Å². The number of hydrogen-bond donors (Lipinski definition) is 4. The molecule has 2 aromatic carbocycles. The van der Waals surface area contributed by atoms with Crippen LogP contribution in [0.4, 0.5) is 0 Å². The van der Waals surface area contributed by atoms with Crippen molar-refractivity contribution in [1.29, 1.82) is 0 Å². The monoisotopic (exact) mass is 554 g/mol. The summed E-state index contributed by atoms with van der Waals surface area (Å²) >= 11 is 0. The van der Waals surface area contributed by atoms with Crippen LogP contribution in [-0.4, -0.2) is 79.6 Å². The molecule has 1 aliphatic carbocycles. The van der Waals surface area contributed by atoms with Gasteiger partial charge in [-0.05, 0) is 47.5 Å². The minimum absolute atomic E-state index is 0.0540. The molecule has 1 spiro atoms. The molecule has 10 nitrogen and oxygen atoms in total. The van der Waals surface area contributed by atoms with Crippen LogP contribution in [0.2, 0.25) is 0 Å². The Hall–Kier alpha value is -3.83. The minimum atomic E-state index is -1.12. The van der Waals surface area contributed by atoms with E-state index in [9.17, 15) is 20.1 Å². The molecule has 0 radical (unpaired) electrons. The van der Waals surface area contributed by atoms with Crippen molar-refractivity contribution in [3.63, 3.8) is 0 Å². The lowest BCUT2D eigenvalue weighted by Crippen LogP contribution is -2.47. The zero-order chi connectivity index (χ0) is 28.9. The van der Waals surface area contributed by atoms with Gasteiger partial charge in [0, 0.05) is 17.9 Å². The van der Waals surface area contributed by atoms with Gasteiger partial charge >= 0.3 is 0 Å². The van der Waals surface area contributed by atoms with Crippen molar-refractivity contribution in [2.24, 2.45) is 11.3 Å². The second-order valence-corrected chi connectivity index (χ2v) is 9.44. The topological polar surface area (TPSA) is 144 Å². The van der Waals surface area contributed by atoms with Crippen molar-refractivity contribution in [2.75, 3.05) is 41.2 Å². The normalized spacial score (nSPS) is 24.8. The van der Waals surface area contributed by atoms with Crippen molar-refractivity contribution in [1.82, 2.24) is 0 Å². The van der Waals surface area contributed by atoms with Gasteiger partial charge in [-0.15, -0.1) is 0 Å². The van der Waals surface area contributed by atoms with Crippen LogP contribution in [0.3, 0.4) is 0 Å². The van der Waals surface area contributed by atoms with Crippen molar-refractivity contribution in [3.05, 3.63) is 77.6 Å². The summed E-state index contributed by atoms with van der Waals surface area (Å²) in [7, 11) is 4.30. The van der Waals surface area contributed by atoms with Crippen LogP contribution in [0.25, 0.3) is 6.08 Å². The number of aliphatic hydroxyl groups excluding tert-OH is 3. The number of phenolic OH excluding ortho intramolecular Hbond substituents is 1. The number of ether oxygens (including phenoxy) is 5. The molecule has 1 saturated heterocycles. The van der Waals surface area contributed by atoms with Crippen LogP contribution in [0.5, 0.6) is 23.0 Å². The Kier molecular flexibility index (Phi) is 9.16. The molecule has 0 amide bonds. The summed E-state index contributed by atoms with van der Waals surface area (Å²) in [5, 5.41) is 40.4. The predicted molar refractivity (Wildman–Crippen MR) is 145 cm³/mol. The molecule has 2 aliphatic rings. The molecular formula is C30H34O10. The van der Waals surface area contributed by atoms with Gasteiger partial charge in [0.15, 0.2) is 28.8 Å². The fraction of sp³-hybridized carbons (Fsp3) is 0.367. The van der Waals surface area contributed by atoms with Crippen molar-refractivity contribution in [3.8, 4) is 23.0 Å². The van der Waals surface area contributed by atoms with E-state index in [4.69, 9.17) is 28.8 Å². The molecule has 5 atom stereocenters. The second kappa shape index (κ2) is 12.6. The maximum atomic E-state index is 12.5. The smallest absolute Gasteiger partial charge is 0.219 e. The number of ketones is 1. The number of carbonyl (C=O) groups excluding carboxylic acids is 1. The molecule has 1 unspecified atom stereocenters. The zero-order valence-corrected chi connectivity index (χ0v) is 22.5. The summed E-state index contributed by atoms with van der Waals surface area (Å²) in [6.07, 6.45) is 5.36. The van der Waals surface area contributed by atoms with E-state index in [-0.39, 0.29) is 36.3 Å². The largest absolute Gasteiger partial charge is 0.504 e. The average Bonchev–Trinajstić information content (AvgIpc) is 3.29. The second-order valence-electron chi connectivity index (χ2n) is 9.44. The van der Waals surface area contributed by atoms with E-state index in [1.54, 1.807) is 54.6 Å². The van der Waals surface area contributed by atoms with Gasteiger partial charge in [-0.25, -0.2) is 0 Å². The standard InChI is InChI=1S/C30H34O10/c1-36-24-14-19(7-8-21(24)34)28-20(16-32)30(11-10-22(35)26(15-30)38-3)29(40-28)27(17-33)39-23-9-6-18(5-4-12-31)13-25(23)37-2/h4-11,13-15,20,27-29,31-34H,12,16-17H2,1-3H3/b5-4+/t20-,27-,28-,29-,30?/m0/s1. The highest BCUT2D eigenvalue weighted by atomic mass is 16.6. The Morgan fingerprint density at radius 1 is 1.00 bits per heavy atom. The van der Waals surface area contributed by atoms with Gasteiger partial charge in [0.2, 0.25) is 5.78 Å². The van der Waals surface area contributed by atoms with E-state index in [0.29, 0.717) is 17.1 Å². The molecule has 1 fully saturated rings. The molecule has 1 aliphatic heterocycles. The van der Waals surface area contributed by atoms with Crippen molar-refractivity contribution < 1.29 is 48.9 Å². The lowest BCUT2D eigenvalue weighted by atomic mass is 9.67. The first-order chi connectivity index (χ1) is 19.3. The SMILES string of the molecule is COC1=CC2(C=CC1=O)[C@@H](CO)[C@H](c1ccc(O)c(OC)c1)O[C@H]2[C@H](CO)Oc1ccc(/C=C/CO)cc1OC. The van der Waals surface area contributed by atoms with Gasteiger partial charge in [0.05, 0.1) is 40.6 Å². The third-order valence-corrected chi connectivity index (χ3v) is 7.29. The molecule has 1 heterocycles. The average molecular weight is 555 g/mol. The molecule has 40 heavy (non-hydrogen) atoms. The van der Waals surface area contributed by atoms with Gasteiger partial charge in [-0.2, -0.15) is 0 Å². The van der Waals surface area contributed by atoms with E-state index < -0.39 is 36.3 Å². The number of hydrogen-bond acceptors (Lipinski definition) is 10. The van der Waals surface area contributed by atoms with Crippen LogP contribution >= 0.6 is 0 Å². The molecule has 0 aromatic heterocycles. The number of carbonyl (C=O) groups is 1. The zero-order valence-electron chi connectivity index (χ0n) is 22.5. The highest BCUT2D eigenvalue weighted by molar-refractivity contribution is 6.03. The quantitative estimate of drug-likeness (QED) is 0.327. The third kappa shape index (κ3) is 5.44. The molecule has 0 bridgehead atoms. The number of benzene rings is 2. The van der Waals surface area contributed by atoms with Crippen LogP contribution in [0.1, 0.15) is 17.2 Å². The van der Waals surface area contributed by atoms with E-state index in [1.165, 1.54) is 33.5 Å². The molecule has 10 heteroatoms. The highest BCUT2D eigenvalue weighted by Crippen LogP contribution is 2.56. The molecular weight excluding hydrogens is 520 g/mol. The Morgan fingerprint density at radius 2 is 1.77 bits per heavy atom. The summed E-state index contributed by atoms with van der Waals surface area (Å²) < 4.78 is 29.0. The van der Waals surface area contributed by atoms with E-state index in [0.717, 1.165) is 5.56 Å². The number of methoxy groups -OCH3 is 3. The lowest BCUT2D eigenvalue weighted by Gasteiger charge is -2.38. The Morgan fingerprint density at radius 3 is 2.42 bits per heavy atom. The number of allylic oxidation sites excluding steroid dienone is 1.